The number of rotatable bonds is 10. The highest BCUT2D eigenvalue weighted by molar-refractivity contribution is 5.03. The van der Waals surface area contributed by atoms with E-state index >= 15 is 0 Å². The minimum atomic E-state index is -0.373. The topological polar surface area (TPSA) is 48.3 Å². The van der Waals surface area contributed by atoms with Crippen LogP contribution in [0.3, 0.4) is 0 Å². The molecule has 0 aromatic heterocycles. The lowest BCUT2D eigenvalue weighted by molar-refractivity contribution is 0.178. The van der Waals surface area contributed by atoms with Crippen LogP contribution in [0.4, 0.5) is 0 Å². The number of nitrogens with zero attached hydrogens (tertiary/aromatic N) is 2. The van der Waals surface area contributed by atoms with Gasteiger partial charge < -0.3 is 9.64 Å². The second-order valence-electron chi connectivity index (χ2n) is 4.73. The fourth-order valence-electron chi connectivity index (χ4n) is 1.87. The molecule has 1 N–H and O–H groups in total. The monoisotopic (exact) mass is 241 g/mol. The molecule has 0 saturated carbocycles. The van der Waals surface area contributed by atoms with Gasteiger partial charge in [0.1, 0.15) is 5.54 Å². The largest absolute Gasteiger partial charge is 0.385 e. The second kappa shape index (κ2) is 9.41. The highest BCUT2D eigenvalue weighted by atomic mass is 16.5. The second-order valence-corrected chi connectivity index (χ2v) is 4.73. The van der Waals surface area contributed by atoms with E-state index in [1.807, 2.05) is 13.8 Å². The summed E-state index contributed by atoms with van der Waals surface area (Å²) < 4.78 is 5.02. The van der Waals surface area contributed by atoms with Gasteiger partial charge in [-0.1, -0.05) is 6.92 Å². The number of ether oxygens (including phenoxy) is 1. The van der Waals surface area contributed by atoms with Crippen LogP contribution in [0.1, 0.15) is 33.1 Å². The van der Waals surface area contributed by atoms with Crippen molar-refractivity contribution in [3.05, 3.63) is 0 Å². The molecule has 17 heavy (non-hydrogen) atoms. The van der Waals surface area contributed by atoms with Gasteiger partial charge in [0.15, 0.2) is 0 Å². The first-order valence-corrected chi connectivity index (χ1v) is 6.41. The molecule has 0 saturated heterocycles. The predicted molar refractivity (Wildman–Crippen MR) is 70.9 cm³/mol. The molecule has 0 heterocycles. The van der Waals surface area contributed by atoms with Gasteiger partial charge in [0, 0.05) is 20.3 Å². The summed E-state index contributed by atoms with van der Waals surface area (Å²) in [4.78, 5) is 2.29. The van der Waals surface area contributed by atoms with Gasteiger partial charge in [0.25, 0.3) is 0 Å². The highest BCUT2D eigenvalue weighted by Crippen LogP contribution is 2.11. The Balaban J connectivity index is 3.70. The summed E-state index contributed by atoms with van der Waals surface area (Å²) >= 11 is 0. The maximum Gasteiger partial charge on any atom is 0.103 e. The standard InChI is InChI=1S/C13H27N3O/c1-5-15-13(2,12-14)8-6-9-16(3)10-7-11-17-4/h15H,5-11H2,1-4H3. The van der Waals surface area contributed by atoms with Crippen molar-refractivity contribution < 1.29 is 4.74 Å². The Bertz CT molecular complexity index is 227. The van der Waals surface area contributed by atoms with Crippen LogP contribution in [0.5, 0.6) is 0 Å². The minimum Gasteiger partial charge on any atom is -0.385 e. The van der Waals surface area contributed by atoms with Crippen LogP contribution in [-0.4, -0.2) is 50.8 Å². The van der Waals surface area contributed by atoms with E-state index in [0.717, 1.165) is 45.5 Å². The Kier molecular flexibility index (Phi) is 9.06. The zero-order chi connectivity index (χ0) is 13.1. The van der Waals surface area contributed by atoms with Crippen LogP contribution in [0, 0.1) is 11.3 Å². The van der Waals surface area contributed by atoms with E-state index in [2.05, 4.69) is 23.3 Å². The maximum absolute atomic E-state index is 9.11. The maximum atomic E-state index is 9.11. The summed E-state index contributed by atoms with van der Waals surface area (Å²) in [7, 11) is 3.85. The van der Waals surface area contributed by atoms with Crippen molar-refractivity contribution in [1.82, 2.24) is 10.2 Å². The molecule has 4 heteroatoms. The lowest BCUT2D eigenvalue weighted by Gasteiger charge is -2.24. The molecule has 4 nitrogen and oxygen atoms in total. The molecular formula is C13H27N3O. The lowest BCUT2D eigenvalue weighted by atomic mass is 9.97. The fraction of sp³-hybridized carbons (Fsp3) is 0.923. The molecule has 0 aromatic carbocycles. The molecule has 0 aliphatic carbocycles. The highest BCUT2D eigenvalue weighted by Gasteiger charge is 2.21. The molecule has 0 bridgehead atoms. The number of nitrogens with one attached hydrogen (secondary N) is 1. The number of methoxy groups -OCH3 is 1. The number of hydrogen-bond donors (Lipinski definition) is 1. The Morgan fingerprint density at radius 1 is 1.35 bits per heavy atom. The molecule has 1 atom stereocenters. The van der Waals surface area contributed by atoms with Crippen LogP contribution in [0.2, 0.25) is 0 Å². The molecule has 0 aliphatic heterocycles. The van der Waals surface area contributed by atoms with Crippen LogP contribution in [0.15, 0.2) is 0 Å². The van der Waals surface area contributed by atoms with Crippen molar-refractivity contribution in [3.8, 4) is 6.07 Å². The fourth-order valence-corrected chi connectivity index (χ4v) is 1.87. The Hall–Kier alpha value is -0.630. The average Bonchev–Trinajstić information content (AvgIpc) is 2.30. The smallest absolute Gasteiger partial charge is 0.103 e. The summed E-state index contributed by atoms with van der Waals surface area (Å²) in [5.74, 6) is 0. The summed E-state index contributed by atoms with van der Waals surface area (Å²) in [5, 5.41) is 12.3. The Labute approximate surface area is 106 Å². The Morgan fingerprint density at radius 2 is 2.00 bits per heavy atom. The van der Waals surface area contributed by atoms with E-state index in [1.54, 1.807) is 7.11 Å². The van der Waals surface area contributed by atoms with Gasteiger partial charge in [-0.2, -0.15) is 5.26 Å². The van der Waals surface area contributed by atoms with Gasteiger partial charge >= 0.3 is 0 Å². The SMILES string of the molecule is CCNC(C)(C#N)CCCN(C)CCCOC. The van der Waals surface area contributed by atoms with Crippen molar-refractivity contribution in [2.75, 3.05) is 40.4 Å². The first kappa shape index (κ1) is 16.4. The van der Waals surface area contributed by atoms with Gasteiger partial charge in [0.05, 0.1) is 6.07 Å². The van der Waals surface area contributed by atoms with Crippen molar-refractivity contribution in [2.45, 2.75) is 38.6 Å². The van der Waals surface area contributed by atoms with Crippen molar-refractivity contribution in [3.63, 3.8) is 0 Å². The molecule has 100 valence electrons. The molecule has 0 aromatic rings. The van der Waals surface area contributed by atoms with Gasteiger partial charge in [-0.05, 0) is 46.3 Å². The van der Waals surface area contributed by atoms with E-state index in [4.69, 9.17) is 10.00 Å². The molecule has 0 fully saturated rings. The third-order valence-corrected chi connectivity index (χ3v) is 2.92. The van der Waals surface area contributed by atoms with Gasteiger partial charge in [0.2, 0.25) is 0 Å². The van der Waals surface area contributed by atoms with Crippen LogP contribution < -0.4 is 5.32 Å². The van der Waals surface area contributed by atoms with Crippen molar-refractivity contribution in [1.29, 1.82) is 5.26 Å². The molecule has 0 spiro atoms. The third-order valence-electron chi connectivity index (χ3n) is 2.92. The Morgan fingerprint density at radius 3 is 2.53 bits per heavy atom. The van der Waals surface area contributed by atoms with Gasteiger partial charge in [-0.15, -0.1) is 0 Å². The molecule has 0 amide bonds. The summed E-state index contributed by atoms with van der Waals surface area (Å²) in [6.45, 7) is 7.75. The molecule has 1 unspecified atom stereocenters. The van der Waals surface area contributed by atoms with Gasteiger partial charge in [-0.25, -0.2) is 0 Å². The molecule has 0 radical (unpaired) electrons. The van der Waals surface area contributed by atoms with E-state index < -0.39 is 0 Å². The zero-order valence-corrected chi connectivity index (χ0v) is 11.8. The summed E-state index contributed by atoms with van der Waals surface area (Å²) in [5.41, 5.74) is -0.373. The van der Waals surface area contributed by atoms with E-state index in [1.165, 1.54) is 0 Å². The summed E-state index contributed by atoms with van der Waals surface area (Å²) in [6, 6.07) is 2.36. The van der Waals surface area contributed by atoms with E-state index in [9.17, 15) is 0 Å². The van der Waals surface area contributed by atoms with Crippen molar-refractivity contribution in [2.24, 2.45) is 0 Å². The van der Waals surface area contributed by atoms with Crippen LogP contribution in [0.25, 0.3) is 0 Å². The normalized spacial score (nSPS) is 14.6. The summed E-state index contributed by atoms with van der Waals surface area (Å²) in [6.07, 6.45) is 3.00. The zero-order valence-electron chi connectivity index (χ0n) is 11.8. The number of hydrogen-bond acceptors (Lipinski definition) is 4. The van der Waals surface area contributed by atoms with Crippen molar-refractivity contribution >= 4 is 0 Å². The minimum absolute atomic E-state index is 0.373. The van der Waals surface area contributed by atoms with Crippen LogP contribution >= 0.6 is 0 Å². The molecular weight excluding hydrogens is 214 g/mol. The van der Waals surface area contributed by atoms with Gasteiger partial charge in [-0.3, -0.25) is 5.32 Å². The predicted octanol–water partition coefficient (Wildman–Crippen LogP) is 1.63. The average molecular weight is 241 g/mol. The molecule has 0 rings (SSSR count). The third kappa shape index (κ3) is 8.14. The quantitative estimate of drug-likeness (QED) is 0.591. The van der Waals surface area contributed by atoms with E-state index in [-0.39, 0.29) is 5.54 Å². The van der Waals surface area contributed by atoms with E-state index in [0.29, 0.717) is 0 Å². The first-order valence-electron chi connectivity index (χ1n) is 6.41. The first-order chi connectivity index (χ1) is 8.08. The molecule has 0 aliphatic rings. The number of nitriles is 1. The lowest BCUT2D eigenvalue weighted by Crippen LogP contribution is -2.41. The van der Waals surface area contributed by atoms with Crippen LogP contribution in [-0.2, 0) is 4.74 Å².